The van der Waals surface area contributed by atoms with Gasteiger partial charge in [0, 0.05) is 24.8 Å². The Morgan fingerprint density at radius 3 is 2.62 bits per heavy atom. The molecule has 1 fully saturated rings. The van der Waals surface area contributed by atoms with E-state index in [1.54, 1.807) is 0 Å². The van der Waals surface area contributed by atoms with Crippen molar-refractivity contribution in [2.24, 2.45) is 5.73 Å². The minimum absolute atomic E-state index is 0.0474. The average Bonchev–Trinajstić information content (AvgIpc) is 2.29. The van der Waals surface area contributed by atoms with E-state index < -0.39 is 0 Å². The third-order valence-electron chi connectivity index (χ3n) is 2.94. The molecule has 1 unspecified atom stereocenters. The smallest absolute Gasteiger partial charge is 0.128 e. The minimum atomic E-state index is 0.0474. The zero-order valence-corrected chi connectivity index (χ0v) is 9.94. The van der Waals surface area contributed by atoms with E-state index in [9.17, 15) is 0 Å². The van der Waals surface area contributed by atoms with Gasteiger partial charge in [-0.15, -0.1) is 0 Å². The number of anilines is 1. The zero-order valence-electron chi connectivity index (χ0n) is 9.94. The molecule has 16 heavy (non-hydrogen) atoms. The van der Waals surface area contributed by atoms with Gasteiger partial charge in [0.15, 0.2) is 0 Å². The highest BCUT2D eigenvalue weighted by Gasteiger charge is 2.13. The van der Waals surface area contributed by atoms with Gasteiger partial charge in [0.25, 0.3) is 0 Å². The van der Waals surface area contributed by atoms with Crippen LogP contribution in [0.5, 0.6) is 0 Å². The lowest BCUT2D eigenvalue weighted by Crippen LogP contribution is -2.36. The SMILES string of the molecule is Cc1nc(N2CCOCC2)ccc1C(C)N. The van der Waals surface area contributed by atoms with E-state index in [4.69, 9.17) is 10.5 Å². The van der Waals surface area contributed by atoms with Gasteiger partial charge in [-0.2, -0.15) is 0 Å². The van der Waals surface area contributed by atoms with Gasteiger partial charge in [-0.25, -0.2) is 4.98 Å². The van der Waals surface area contributed by atoms with Gasteiger partial charge >= 0.3 is 0 Å². The molecule has 4 nitrogen and oxygen atoms in total. The van der Waals surface area contributed by atoms with Crippen LogP contribution in [-0.4, -0.2) is 31.3 Å². The van der Waals surface area contributed by atoms with Gasteiger partial charge in [0.05, 0.1) is 13.2 Å². The van der Waals surface area contributed by atoms with Gasteiger partial charge in [-0.05, 0) is 25.5 Å². The summed E-state index contributed by atoms with van der Waals surface area (Å²) in [4.78, 5) is 6.86. The summed E-state index contributed by atoms with van der Waals surface area (Å²) in [6.07, 6.45) is 0. The quantitative estimate of drug-likeness (QED) is 0.816. The van der Waals surface area contributed by atoms with E-state index in [2.05, 4.69) is 22.0 Å². The zero-order chi connectivity index (χ0) is 11.5. The molecule has 0 spiro atoms. The molecule has 0 bridgehead atoms. The molecule has 1 saturated heterocycles. The van der Waals surface area contributed by atoms with Crippen molar-refractivity contribution in [1.82, 2.24) is 4.98 Å². The molecular formula is C12H19N3O. The maximum atomic E-state index is 5.87. The molecule has 2 heterocycles. The third kappa shape index (κ3) is 2.33. The minimum Gasteiger partial charge on any atom is -0.378 e. The molecule has 0 saturated carbocycles. The second-order valence-corrected chi connectivity index (χ2v) is 4.23. The molecule has 1 atom stereocenters. The average molecular weight is 221 g/mol. The number of morpholine rings is 1. The number of ether oxygens (including phenoxy) is 1. The maximum absolute atomic E-state index is 5.87. The van der Waals surface area contributed by atoms with Gasteiger partial charge in [0.2, 0.25) is 0 Å². The Morgan fingerprint density at radius 1 is 1.38 bits per heavy atom. The summed E-state index contributed by atoms with van der Waals surface area (Å²) >= 11 is 0. The molecule has 0 radical (unpaired) electrons. The number of hydrogen-bond donors (Lipinski definition) is 1. The van der Waals surface area contributed by atoms with Crippen LogP contribution < -0.4 is 10.6 Å². The fourth-order valence-corrected chi connectivity index (χ4v) is 2.01. The molecular weight excluding hydrogens is 202 g/mol. The first-order chi connectivity index (χ1) is 7.68. The summed E-state index contributed by atoms with van der Waals surface area (Å²) in [7, 11) is 0. The lowest BCUT2D eigenvalue weighted by Gasteiger charge is -2.28. The Labute approximate surface area is 96.4 Å². The van der Waals surface area contributed by atoms with Crippen LogP contribution in [0.3, 0.4) is 0 Å². The Bertz CT molecular complexity index is 359. The van der Waals surface area contributed by atoms with E-state index in [1.165, 1.54) is 0 Å². The van der Waals surface area contributed by atoms with E-state index in [0.29, 0.717) is 0 Å². The third-order valence-corrected chi connectivity index (χ3v) is 2.94. The van der Waals surface area contributed by atoms with Crippen LogP contribution in [-0.2, 0) is 4.74 Å². The maximum Gasteiger partial charge on any atom is 0.128 e. The van der Waals surface area contributed by atoms with Crippen LogP contribution in [0.4, 0.5) is 5.82 Å². The van der Waals surface area contributed by atoms with Crippen molar-refractivity contribution in [2.45, 2.75) is 19.9 Å². The number of aromatic nitrogens is 1. The summed E-state index contributed by atoms with van der Waals surface area (Å²) in [6.45, 7) is 7.42. The van der Waals surface area contributed by atoms with Crippen molar-refractivity contribution in [1.29, 1.82) is 0 Å². The van der Waals surface area contributed by atoms with E-state index >= 15 is 0 Å². The first-order valence-electron chi connectivity index (χ1n) is 5.74. The standard InChI is InChI=1S/C12H19N3O/c1-9(13)11-3-4-12(14-10(11)2)15-5-7-16-8-6-15/h3-4,9H,5-8,13H2,1-2H3. The fourth-order valence-electron chi connectivity index (χ4n) is 2.01. The molecule has 4 heteroatoms. The van der Waals surface area contributed by atoms with Crippen molar-refractivity contribution in [3.8, 4) is 0 Å². The number of rotatable bonds is 2. The first-order valence-corrected chi connectivity index (χ1v) is 5.74. The predicted octanol–water partition coefficient (Wildman–Crippen LogP) is 1.25. The molecule has 0 aromatic carbocycles. The topological polar surface area (TPSA) is 51.4 Å². The summed E-state index contributed by atoms with van der Waals surface area (Å²) in [5.41, 5.74) is 8.02. The van der Waals surface area contributed by atoms with Crippen molar-refractivity contribution < 1.29 is 4.74 Å². The molecule has 2 rings (SSSR count). The van der Waals surface area contributed by atoms with Crippen molar-refractivity contribution >= 4 is 5.82 Å². The Hall–Kier alpha value is -1.13. The lowest BCUT2D eigenvalue weighted by atomic mass is 10.1. The number of aryl methyl sites for hydroxylation is 1. The molecule has 2 N–H and O–H groups in total. The van der Waals surface area contributed by atoms with Gasteiger partial charge < -0.3 is 15.4 Å². The highest BCUT2D eigenvalue weighted by molar-refractivity contribution is 5.42. The predicted molar refractivity (Wildman–Crippen MR) is 64.6 cm³/mol. The van der Waals surface area contributed by atoms with E-state index in [-0.39, 0.29) is 6.04 Å². The molecule has 1 aromatic rings. The summed E-state index contributed by atoms with van der Waals surface area (Å²) in [5.74, 6) is 1.03. The van der Waals surface area contributed by atoms with Crippen molar-refractivity contribution in [2.75, 3.05) is 31.2 Å². The van der Waals surface area contributed by atoms with Crippen LogP contribution in [0.15, 0.2) is 12.1 Å². The normalized spacial score (nSPS) is 18.6. The molecule has 0 aliphatic carbocycles. The largest absolute Gasteiger partial charge is 0.378 e. The number of nitrogens with zero attached hydrogens (tertiary/aromatic N) is 2. The molecule has 0 amide bonds. The van der Waals surface area contributed by atoms with Crippen LogP contribution in [0.25, 0.3) is 0 Å². The highest BCUT2D eigenvalue weighted by Crippen LogP contribution is 2.19. The van der Waals surface area contributed by atoms with Crippen LogP contribution in [0, 0.1) is 6.92 Å². The number of nitrogens with two attached hydrogens (primary N) is 1. The van der Waals surface area contributed by atoms with E-state index in [1.807, 2.05) is 13.8 Å². The summed E-state index contributed by atoms with van der Waals surface area (Å²) in [5, 5.41) is 0. The summed E-state index contributed by atoms with van der Waals surface area (Å²) in [6, 6.07) is 4.18. The molecule has 88 valence electrons. The van der Waals surface area contributed by atoms with Crippen LogP contribution in [0.2, 0.25) is 0 Å². The van der Waals surface area contributed by atoms with Crippen LogP contribution >= 0.6 is 0 Å². The lowest BCUT2D eigenvalue weighted by molar-refractivity contribution is 0.122. The Balaban J connectivity index is 2.19. The Kier molecular flexibility index (Phi) is 3.41. The molecule has 1 aromatic heterocycles. The van der Waals surface area contributed by atoms with Gasteiger partial charge in [-0.3, -0.25) is 0 Å². The van der Waals surface area contributed by atoms with E-state index in [0.717, 1.165) is 43.4 Å². The second kappa shape index (κ2) is 4.80. The molecule has 1 aliphatic rings. The van der Waals surface area contributed by atoms with Gasteiger partial charge in [-0.1, -0.05) is 6.07 Å². The number of hydrogen-bond acceptors (Lipinski definition) is 4. The monoisotopic (exact) mass is 221 g/mol. The summed E-state index contributed by atoms with van der Waals surface area (Å²) < 4.78 is 5.32. The Morgan fingerprint density at radius 2 is 2.06 bits per heavy atom. The van der Waals surface area contributed by atoms with Gasteiger partial charge in [0.1, 0.15) is 5.82 Å². The number of pyridine rings is 1. The van der Waals surface area contributed by atoms with Crippen molar-refractivity contribution in [3.05, 3.63) is 23.4 Å². The highest BCUT2D eigenvalue weighted by atomic mass is 16.5. The second-order valence-electron chi connectivity index (χ2n) is 4.23. The van der Waals surface area contributed by atoms with Crippen molar-refractivity contribution in [3.63, 3.8) is 0 Å². The van der Waals surface area contributed by atoms with Crippen LogP contribution in [0.1, 0.15) is 24.2 Å². The fraction of sp³-hybridized carbons (Fsp3) is 0.583. The molecule has 1 aliphatic heterocycles. The first kappa shape index (κ1) is 11.4.